The summed E-state index contributed by atoms with van der Waals surface area (Å²) in [7, 11) is 4.10. The first kappa shape index (κ1) is 71.1. The SMILES string of the molecule is CNC(=O)[C@H](CSSC)NC(=O)[C@H](Cc1ccc(O)cc1)NC(=O)[C@@H](NC(=O)CNC(=O)[C@H](CC(N)=O)NC(=O)CNC(=O)[C@@H](Cc1ccc(O)cc1)NC(=O)[C@H](Cc1ccc(O)cc1)NC(=O)[C@H](CCCCN)NC(=O)[C@H](N)[C@H](C)O)C(C)C. The smallest absolute Gasteiger partial charge is 0.243 e. The third kappa shape index (κ3) is 25.7. The maximum atomic E-state index is 14.3. The number of amides is 11. The minimum atomic E-state index is -1.71. The van der Waals surface area contributed by atoms with Gasteiger partial charge in [-0.2, -0.15) is 0 Å². The van der Waals surface area contributed by atoms with Gasteiger partial charge in [0.1, 0.15) is 65.6 Å². The zero-order chi connectivity index (χ0) is 63.3. The fourth-order valence-corrected chi connectivity index (χ4v) is 9.37. The number of aromatic hydroxyl groups is 3. The standard InChI is InChI=1S/C55H79N13O15S2/c1-29(2)47(55(83)66-40(24-33-13-19-36(72)20-14-33)53(81)67-42(28-85-84-5)48(76)59-4)68-45(75)27-61-50(78)41(25-43(57)73)62-44(74)26-60-49(77)38(22-31-9-15-34(70)16-10-31)64-52(80)39(23-32-11-17-35(71)18-12-32)65-51(79)37(8-6-7-21-56)63-54(82)46(58)30(3)69/h9-20,29-30,37-42,46-47,69-72H,6-8,21-28,56,58H2,1-5H3,(H2,57,73)(H,59,76)(H,60,77)(H,61,78)(H,62,74)(H,63,82)(H,64,80)(H,65,79)(H,66,83)(H,67,81)(H,68,75)/t30-,37-,38+,39-,40-,41-,42-,46+,47-/m0/s1. The molecule has 3 aromatic carbocycles. The maximum absolute atomic E-state index is 14.3. The fraction of sp³-hybridized carbons (Fsp3) is 0.473. The van der Waals surface area contributed by atoms with Crippen LogP contribution in [-0.2, 0) is 72.0 Å². The van der Waals surface area contributed by atoms with Crippen molar-refractivity contribution in [3.8, 4) is 17.2 Å². The highest BCUT2D eigenvalue weighted by atomic mass is 33.1. The summed E-state index contributed by atoms with van der Waals surface area (Å²) < 4.78 is 0. The number of rotatable bonds is 36. The van der Waals surface area contributed by atoms with E-state index in [4.69, 9.17) is 17.2 Å². The molecule has 3 rings (SSSR count). The van der Waals surface area contributed by atoms with E-state index in [9.17, 15) is 73.2 Å². The Morgan fingerprint density at radius 3 is 1.32 bits per heavy atom. The van der Waals surface area contributed by atoms with E-state index in [0.717, 1.165) is 0 Å². The highest BCUT2D eigenvalue weighted by Crippen LogP contribution is 2.19. The molecule has 9 atom stereocenters. The minimum Gasteiger partial charge on any atom is -0.508 e. The predicted octanol–water partition coefficient (Wildman–Crippen LogP) is -3.42. The van der Waals surface area contributed by atoms with Crippen LogP contribution < -0.4 is 70.4 Å². The summed E-state index contributed by atoms with van der Waals surface area (Å²) in [5.74, 6) is -10.4. The quantitative estimate of drug-likeness (QED) is 0.0199. The van der Waals surface area contributed by atoms with Gasteiger partial charge in [0, 0.05) is 32.1 Å². The minimum absolute atomic E-state index is 0.0455. The van der Waals surface area contributed by atoms with Gasteiger partial charge in [0.05, 0.1) is 25.6 Å². The number of hydrogen-bond donors (Lipinski definition) is 17. The van der Waals surface area contributed by atoms with E-state index in [1.807, 2.05) is 0 Å². The Morgan fingerprint density at radius 1 is 0.506 bits per heavy atom. The molecule has 0 aliphatic rings. The number of unbranched alkanes of at least 4 members (excludes halogenated alkanes) is 1. The molecule has 20 N–H and O–H groups in total. The Hall–Kier alpha value is -8.19. The first-order valence-electron chi connectivity index (χ1n) is 27.0. The van der Waals surface area contributed by atoms with Crippen molar-refractivity contribution in [3.63, 3.8) is 0 Å². The molecule has 466 valence electrons. The molecule has 3 aromatic rings. The van der Waals surface area contributed by atoms with Crippen molar-refractivity contribution in [1.82, 2.24) is 53.2 Å². The Bertz CT molecular complexity index is 2740. The van der Waals surface area contributed by atoms with Crippen molar-refractivity contribution < 1.29 is 73.2 Å². The molecular weight excluding hydrogens is 1150 g/mol. The third-order valence-corrected chi connectivity index (χ3v) is 14.7. The number of nitrogens with one attached hydrogen (secondary N) is 10. The monoisotopic (exact) mass is 1230 g/mol. The number of phenols is 3. The van der Waals surface area contributed by atoms with Crippen molar-refractivity contribution in [2.24, 2.45) is 23.1 Å². The number of aliphatic hydroxyl groups is 1. The fourth-order valence-electron chi connectivity index (χ4n) is 8.05. The van der Waals surface area contributed by atoms with Gasteiger partial charge in [0.2, 0.25) is 65.0 Å². The van der Waals surface area contributed by atoms with Crippen LogP contribution in [0.15, 0.2) is 72.8 Å². The molecular formula is C55H79N13O15S2. The van der Waals surface area contributed by atoms with Crippen LogP contribution in [0.4, 0.5) is 0 Å². The lowest BCUT2D eigenvalue weighted by atomic mass is 10.0. The predicted molar refractivity (Wildman–Crippen MR) is 316 cm³/mol. The molecule has 0 saturated heterocycles. The number of carbonyl (C=O) groups excluding carboxylic acids is 11. The zero-order valence-electron chi connectivity index (χ0n) is 47.8. The van der Waals surface area contributed by atoms with Gasteiger partial charge in [-0.1, -0.05) is 71.8 Å². The van der Waals surface area contributed by atoms with E-state index in [-0.39, 0.29) is 55.2 Å². The molecule has 0 aliphatic carbocycles. The average Bonchev–Trinajstić information content (AvgIpc) is 3.67. The molecule has 0 bridgehead atoms. The molecule has 0 unspecified atom stereocenters. The molecule has 0 radical (unpaired) electrons. The summed E-state index contributed by atoms with van der Waals surface area (Å²) in [5, 5.41) is 64.6. The number of carbonyl (C=O) groups is 11. The van der Waals surface area contributed by atoms with Crippen LogP contribution in [-0.4, -0.2) is 179 Å². The molecule has 0 aromatic heterocycles. The van der Waals surface area contributed by atoms with E-state index in [1.54, 1.807) is 20.1 Å². The molecule has 11 amide bonds. The number of primary amides is 1. The summed E-state index contributed by atoms with van der Waals surface area (Å²) in [6.45, 7) is 3.09. The Morgan fingerprint density at radius 2 is 0.906 bits per heavy atom. The van der Waals surface area contributed by atoms with Gasteiger partial charge in [0.25, 0.3) is 0 Å². The number of benzene rings is 3. The molecule has 28 nitrogen and oxygen atoms in total. The van der Waals surface area contributed by atoms with E-state index < -0.39 is 145 Å². The van der Waals surface area contributed by atoms with E-state index in [2.05, 4.69) is 53.2 Å². The molecule has 0 spiro atoms. The van der Waals surface area contributed by atoms with E-state index in [0.29, 0.717) is 29.5 Å². The van der Waals surface area contributed by atoms with Crippen molar-refractivity contribution in [1.29, 1.82) is 0 Å². The van der Waals surface area contributed by atoms with Crippen LogP contribution in [0.1, 0.15) is 63.1 Å². The second kappa shape index (κ2) is 36.5. The lowest BCUT2D eigenvalue weighted by Crippen LogP contribution is -2.59. The number of phenolic OH excluding ortho intramolecular Hbond substituents is 3. The Labute approximate surface area is 499 Å². The summed E-state index contributed by atoms with van der Waals surface area (Å²) >= 11 is 0. The largest absolute Gasteiger partial charge is 0.508 e. The summed E-state index contributed by atoms with van der Waals surface area (Å²) in [5.41, 5.74) is 18.3. The molecule has 0 fully saturated rings. The number of aliphatic hydroxyl groups excluding tert-OH is 1. The maximum Gasteiger partial charge on any atom is 0.243 e. The first-order chi connectivity index (χ1) is 40.2. The number of likely N-dealkylation sites (N-methyl/N-ethyl adjacent to an activating group) is 1. The van der Waals surface area contributed by atoms with Crippen LogP contribution in [0, 0.1) is 5.92 Å². The van der Waals surface area contributed by atoms with Gasteiger partial charge in [-0.3, -0.25) is 52.7 Å². The second-order valence-corrected chi connectivity index (χ2v) is 22.7. The highest BCUT2D eigenvalue weighted by molar-refractivity contribution is 8.76. The van der Waals surface area contributed by atoms with Gasteiger partial charge in [0.15, 0.2) is 0 Å². The summed E-state index contributed by atoms with van der Waals surface area (Å²) in [6, 6.07) is 6.15. The lowest BCUT2D eigenvalue weighted by molar-refractivity contribution is -0.135. The first-order valence-corrected chi connectivity index (χ1v) is 29.8. The lowest BCUT2D eigenvalue weighted by Gasteiger charge is -2.27. The zero-order valence-corrected chi connectivity index (χ0v) is 49.4. The van der Waals surface area contributed by atoms with Gasteiger partial charge >= 0.3 is 0 Å². The summed E-state index contributed by atoms with van der Waals surface area (Å²) in [6.07, 6.45) is 0.0519. The highest BCUT2D eigenvalue weighted by Gasteiger charge is 2.34. The Kier molecular flexibility index (Phi) is 30.5. The van der Waals surface area contributed by atoms with Gasteiger partial charge in [-0.25, -0.2) is 0 Å². The van der Waals surface area contributed by atoms with Gasteiger partial charge in [-0.15, -0.1) is 0 Å². The van der Waals surface area contributed by atoms with Crippen molar-refractivity contribution >= 4 is 86.6 Å². The van der Waals surface area contributed by atoms with Crippen LogP contribution in [0.2, 0.25) is 0 Å². The topological polar surface area (TPSA) is 467 Å². The molecule has 30 heteroatoms. The number of hydrogen-bond acceptors (Lipinski definition) is 19. The molecule has 85 heavy (non-hydrogen) atoms. The van der Waals surface area contributed by atoms with Crippen molar-refractivity contribution in [2.45, 2.75) is 120 Å². The van der Waals surface area contributed by atoms with E-state index in [1.165, 1.54) is 108 Å². The number of nitrogens with two attached hydrogens (primary N) is 3. The van der Waals surface area contributed by atoms with Crippen molar-refractivity contribution in [3.05, 3.63) is 89.5 Å². The van der Waals surface area contributed by atoms with Gasteiger partial charge in [-0.05, 0) is 98.0 Å². The van der Waals surface area contributed by atoms with Crippen LogP contribution in [0.5, 0.6) is 17.2 Å². The normalized spacial score (nSPS) is 14.2. The van der Waals surface area contributed by atoms with Gasteiger partial charge < -0.3 is 90.8 Å². The van der Waals surface area contributed by atoms with Crippen LogP contribution in [0.25, 0.3) is 0 Å². The second-order valence-electron chi connectivity index (χ2n) is 20.0. The van der Waals surface area contributed by atoms with Crippen LogP contribution in [0.3, 0.4) is 0 Å². The summed E-state index contributed by atoms with van der Waals surface area (Å²) in [4.78, 5) is 148. The Balaban J connectivity index is 1.79. The molecule has 0 heterocycles. The molecule has 0 aliphatic heterocycles. The third-order valence-electron chi connectivity index (χ3n) is 12.8. The van der Waals surface area contributed by atoms with E-state index >= 15 is 0 Å². The molecule has 0 saturated carbocycles. The van der Waals surface area contributed by atoms with Crippen LogP contribution >= 0.6 is 21.6 Å². The average molecular weight is 1230 g/mol. The van der Waals surface area contributed by atoms with Crippen molar-refractivity contribution in [2.75, 3.05) is 38.7 Å².